The highest BCUT2D eigenvalue weighted by atomic mass is 19.2. The van der Waals surface area contributed by atoms with E-state index in [1.54, 1.807) is 4.90 Å². The second kappa shape index (κ2) is 8.39. The molecule has 6 nitrogen and oxygen atoms in total. The number of nitrogens with one attached hydrogen (secondary N) is 1. The Labute approximate surface area is 160 Å². The number of aromatic nitrogens is 1. The number of hydrogen-bond acceptors (Lipinski definition) is 4. The van der Waals surface area contributed by atoms with Crippen LogP contribution in [0.3, 0.4) is 0 Å². The molecule has 0 radical (unpaired) electrons. The number of carbonyl (C=O) groups is 2. The van der Waals surface area contributed by atoms with E-state index >= 15 is 0 Å². The maximum atomic E-state index is 13.7. The van der Waals surface area contributed by atoms with Gasteiger partial charge in [0.1, 0.15) is 5.69 Å². The van der Waals surface area contributed by atoms with Gasteiger partial charge in [-0.3, -0.25) is 14.6 Å². The molecule has 1 aliphatic rings. The van der Waals surface area contributed by atoms with Gasteiger partial charge in [-0.15, -0.1) is 0 Å². The predicted molar refractivity (Wildman–Crippen MR) is 96.5 cm³/mol. The Kier molecular flexibility index (Phi) is 5.93. The number of carbonyl (C=O) groups excluding carboxylic acids is 2. The van der Waals surface area contributed by atoms with E-state index in [-0.39, 0.29) is 17.2 Å². The van der Waals surface area contributed by atoms with Crippen LogP contribution < -0.4 is 5.32 Å². The van der Waals surface area contributed by atoms with Gasteiger partial charge in [-0.25, -0.2) is 13.2 Å². The van der Waals surface area contributed by atoms with Gasteiger partial charge < -0.3 is 15.1 Å². The van der Waals surface area contributed by atoms with E-state index in [9.17, 15) is 22.8 Å². The van der Waals surface area contributed by atoms with E-state index in [2.05, 4.69) is 22.1 Å². The molecule has 1 saturated heterocycles. The molecule has 0 bridgehead atoms. The summed E-state index contributed by atoms with van der Waals surface area (Å²) in [5.74, 6) is -5.58. The molecule has 1 N–H and O–H groups in total. The highest BCUT2D eigenvalue weighted by molar-refractivity contribution is 6.05. The van der Waals surface area contributed by atoms with Gasteiger partial charge >= 0.3 is 0 Å². The number of amides is 2. The summed E-state index contributed by atoms with van der Waals surface area (Å²) in [6.45, 7) is 5.61. The minimum absolute atomic E-state index is 0.0506. The minimum Gasteiger partial charge on any atom is -0.335 e. The zero-order chi connectivity index (χ0) is 20.3. The first-order valence-electron chi connectivity index (χ1n) is 8.83. The standard InChI is InChI=1S/C19H19F3N4O2/c1-2-25-7-9-26(10-8-25)19(28)15-11-12(5-6-23-15)18(27)24-14-4-3-13(20)16(21)17(14)22/h3-6,11H,2,7-10H2,1H3,(H,24,27). The third kappa shape index (κ3) is 4.14. The molecule has 1 aromatic carbocycles. The average Bonchev–Trinajstić information content (AvgIpc) is 2.73. The Morgan fingerprint density at radius 1 is 1.07 bits per heavy atom. The van der Waals surface area contributed by atoms with Crippen molar-refractivity contribution >= 4 is 17.5 Å². The average molecular weight is 392 g/mol. The van der Waals surface area contributed by atoms with Gasteiger partial charge in [0.25, 0.3) is 11.8 Å². The van der Waals surface area contributed by atoms with Gasteiger partial charge in [0, 0.05) is 37.9 Å². The van der Waals surface area contributed by atoms with Crippen LogP contribution in [0.1, 0.15) is 27.8 Å². The SMILES string of the molecule is CCN1CCN(C(=O)c2cc(C(=O)Nc3ccc(F)c(F)c3F)ccn2)CC1. The molecule has 2 amide bonds. The van der Waals surface area contributed by atoms with E-state index in [4.69, 9.17) is 0 Å². The van der Waals surface area contributed by atoms with E-state index in [1.165, 1.54) is 18.3 Å². The van der Waals surface area contributed by atoms with Crippen molar-refractivity contribution in [2.45, 2.75) is 6.92 Å². The summed E-state index contributed by atoms with van der Waals surface area (Å²) in [6.07, 6.45) is 1.30. The zero-order valence-electron chi connectivity index (χ0n) is 15.2. The molecule has 0 atom stereocenters. The van der Waals surface area contributed by atoms with Crippen LogP contribution >= 0.6 is 0 Å². The maximum absolute atomic E-state index is 13.7. The van der Waals surface area contributed by atoms with E-state index in [1.807, 2.05) is 0 Å². The second-order valence-electron chi connectivity index (χ2n) is 6.33. The smallest absolute Gasteiger partial charge is 0.272 e. The van der Waals surface area contributed by atoms with Crippen LogP contribution in [0.4, 0.5) is 18.9 Å². The summed E-state index contributed by atoms with van der Waals surface area (Å²) in [5.41, 5.74) is -0.359. The van der Waals surface area contributed by atoms with Crippen LogP contribution in [0.25, 0.3) is 0 Å². The molecule has 2 heterocycles. The summed E-state index contributed by atoms with van der Waals surface area (Å²) >= 11 is 0. The Morgan fingerprint density at radius 2 is 1.79 bits per heavy atom. The summed E-state index contributed by atoms with van der Waals surface area (Å²) in [4.78, 5) is 32.9. The van der Waals surface area contributed by atoms with Crippen molar-refractivity contribution in [1.29, 1.82) is 0 Å². The molecule has 2 aromatic rings. The van der Waals surface area contributed by atoms with Gasteiger partial charge in [0.2, 0.25) is 0 Å². The van der Waals surface area contributed by atoms with E-state index in [0.717, 1.165) is 25.7 Å². The molecule has 9 heteroatoms. The topological polar surface area (TPSA) is 65.5 Å². The molecule has 148 valence electrons. The van der Waals surface area contributed by atoms with Crippen LogP contribution in [0, 0.1) is 17.5 Å². The fourth-order valence-corrected chi connectivity index (χ4v) is 2.93. The largest absolute Gasteiger partial charge is 0.335 e. The highest BCUT2D eigenvalue weighted by Crippen LogP contribution is 2.20. The van der Waals surface area contributed by atoms with Crippen molar-refractivity contribution in [2.24, 2.45) is 0 Å². The highest BCUT2D eigenvalue weighted by Gasteiger charge is 2.23. The number of hydrogen-bond donors (Lipinski definition) is 1. The number of piperazine rings is 1. The predicted octanol–water partition coefficient (Wildman–Crippen LogP) is 2.53. The van der Waals surface area contributed by atoms with Gasteiger partial charge in [-0.2, -0.15) is 0 Å². The first kappa shape index (κ1) is 19.8. The number of likely N-dealkylation sites (N-methyl/N-ethyl adjacent to an activating group) is 1. The lowest BCUT2D eigenvalue weighted by Crippen LogP contribution is -2.48. The summed E-state index contributed by atoms with van der Waals surface area (Å²) in [6, 6.07) is 4.28. The monoisotopic (exact) mass is 392 g/mol. The molecule has 1 aromatic heterocycles. The van der Waals surface area contributed by atoms with E-state index in [0.29, 0.717) is 19.2 Å². The van der Waals surface area contributed by atoms with Crippen molar-refractivity contribution in [3.63, 3.8) is 0 Å². The van der Waals surface area contributed by atoms with Gasteiger partial charge in [-0.1, -0.05) is 6.92 Å². The molecule has 0 unspecified atom stereocenters. The van der Waals surface area contributed by atoms with Crippen LogP contribution in [-0.2, 0) is 0 Å². The Hall–Kier alpha value is -2.94. The maximum Gasteiger partial charge on any atom is 0.272 e. The van der Waals surface area contributed by atoms with Gasteiger partial charge in [0.05, 0.1) is 5.69 Å². The number of pyridine rings is 1. The lowest BCUT2D eigenvalue weighted by molar-refractivity contribution is 0.0637. The quantitative estimate of drug-likeness (QED) is 0.813. The Morgan fingerprint density at radius 3 is 2.46 bits per heavy atom. The molecule has 3 rings (SSSR count). The number of benzene rings is 1. The third-order valence-corrected chi connectivity index (χ3v) is 4.63. The molecular formula is C19H19F3N4O2. The molecule has 28 heavy (non-hydrogen) atoms. The third-order valence-electron chi connectivity index (χ3n) is 4.63. The Bertz CT molecular complexity index is 899. The van der Waals surface area contributed by atoms with Crippen molar-refractivity contribution in [1.82, 2.24) is 14.8 Å². The van der Waals surface area contributed by atoms with E-state index < -0.39 is 29.0 Å². The normalized spacial score (nSPS) is 14.8. The molecule has 0 aliphatic carbocycles. The van der Waals surface area contributed by atoms with Crippen LogP contribution in [0.2, 0.25) is 0 Å². The molecule has 1 fully saturated rings. The number of rotatable bonds is 4. The van der Waals surface area contributed by atoms with Crippen molar-refractivity contribution in [2.75, 3.05) is 38.0 Å². The Balaban J connectivity index is 1.73. The lowest BCUT2D eigenvalue weighted by Gasteiger charge is -2.33. The number of halogens is 3. The lowest BCUT2D eigenvalue weighted by atomic mass is 10.2. The molecular weight excluding hydrogens is 373 g/mol. The summed E-state index contributed by atoms with van der Waals surface area (Å²) < 4.78 is 40.1. The first-order chi connectivity index (χ1) is 13.4. The summed E-state index contributed by atoms with van der Waals surface area (Å²) in [7, 11) is 0. The number of nitrogens with zero attached hydrogens (tertiary/aromatic N) is 3. The fourth-order valence-electron chi connectivity index (χ4n) is 2.93. The molecule has 0 spiro atoms. The van der Waals surface area contributed by atoms with Crippen LogP contribution in [0.5, 0.6) is 0 Å². The zero-order valence-corrected chi connectivity index (χ0v) is 15.2. The minimum atomic E-state index is -1.67. The van der Waals surface area contributed by atoms with Crippen LogP contribution in [-0.4, -0.2) is 59.3 Å². The fraction of sp³-hybridized carbons (Fsp3) is 0.316. The molecule has 0 saturated carbocycles. The van der Waals surface area contributed by atoms with Crippen molar-refractivity contribution in [3.8, 4) is 0 Å². The van der Waals surface area contributed by atoms with Crippen molar-refractivity contribution in [3.05, 3.63) is 59.2 Å². The van der Waals surface area contributed by atoms with Crippen molar-refractivity contribution < 1.29 is 22.8 Å². The number of anilines is 1. The summed E-state index contributed by atoms with van der Waals surface area (Å²) in [5, 5.41) is 2.17. The first-order valence-corrected chi connectivity index (χ1v) is 8.83. The van der Waals surface area contributed by atoms with Gasteiger partial charge in [-0.05, 0) is 30.8 Å². The second-order valence-corrected chi connectivity index (χ2v) is 6.33. The molecule has 1 aliphatic heterocycles. The van der Waals surface area contributed by atoms with Gasteiger partial charge in [0.15, 0.2) is 17.5 Å². The van der Waals surface area contributed by atoms with Crippen LogP contribution in [0.15, 0.2) is 30.5 Å².